The predicted octanol–water partition coefficient (Wildman–Crippen LogP) is -0.306. The van der Waals surface area contributed by atoms with Gasteiger partial charge in [0.1, 0.15) is 18.5 Å². The van der Waals surface area contributed by atoms with E-state index in [0.29, 0.717) is 12.2 Å². The average Bonchev–Trinajstić information content (AvgIpc) is 2.86. The SMILES string of the molecule is CCn1c(=N)n(CC(O)COc2ccc(C)cc2)c2ccccc21.[Cl-]. The van der Waals surface area contributed by atoms with Crippen LogP contribution in [0.25, 0.3) is 11.0 Å². The van der Waals surface area contributed by atoms with Gasteiger partial charge in [-0.1, -0.05) is 29.8 Å². The summed E-state index contributed by atoms with van der Waals surface area (Å²) in [6, 6.07) is 15.7. The highest BCUT2D eigenvalue weighted by atomic mass is 35.5. The fourth-order valence-corrected chi connectivity index (χ4v) is 2.89. The zero-order chi connectivity index (χ0) is 17.1. The van der Waals surface area contributed by atoms with Gasteiger partial charge >= 0.3 is 0 Å². The van der Waals surface area contributed by atoms with Crippen LogP contribution < -0.4 is 22.8 Å². The lowest BCUT2D eigenvalue weighted by Crippen LogP contribution is -3.00. The number of aliphatic hydroxyl groups excluding tert-OH is 1. The third-order valence-electron chi connectivity index (χ3n) is 4.15. The van der Waals surface area contributed by atoms with Crippen molar-refractivity contribution in [2.24, 2.45) is 0 Å². The lowest BCUT2D eigenvalue weighted by Gasteiger charge is -2.14. The van der Waals surface area contributed by atoms with Crippen molar-refractivity contribution in [2.45, 2.75) is 33.0 Å². The molecule has 25 heavy (non-hydrogen) atoms. The molecule has 0 amide bonds. The maximum absolute atomic E-state index is 10.3. The van der Waals surface area contributed by atoms with Crippen molar-refractivity contribution in [1.29, 1.82) is 5.41 Å². The van der Waals surface area contributed by atoms with Crippen molar-refractivity contribution in [2.75, 3.05) is 6.61 Å². The summed E-state index contributed by atoms with van der Waals surface area (Å²) in [7, 11) is 0. The minimum atomic E-state index is -0.684. The number of aliphatic hydroxyl groups is 1. The predicted molar refractivity (Wildman–Crippen MR) is 94.1 cm³/mol. The van der Waals surface area contributed by atoms with Crippen LogP contribution in [0.15, 0.2) is 48.5 Å². The highest BCUT2D eigenvalue weighted by Gasteiger charge is 2.13. The quantitative estimate of drug-likeness (QED) is 0.633. The molecule has 2 N–H and O–H groups in total. The number of nitrogens with one attached hydrogen (secondary N) is 1. The first-order valence-corrected chi connectivity index (χ1v) is 8.20. The molecule has 0 aliphatic rings. The van der Waals surface area contributed by atoms with Crippen LogP contribution in [-0.2, 0) is 13.1 Å². The highest BCUT2D eigenvalue weighted by Crippen LogP contribution is 2.14. The van der Waals surface area contributed by atoms with Crippen molar-refractivity contribution < 1.29 is 22.3 Å². The number of rotatable bonds is 6. The minimum Gasteiger partial charge on any atom is -1.00 e. The van der Waals surface area contributed by atoms with Gasteiger partial charge in [0.05, 0.1) is 17.6 Å². The second-order valence-corrected chi connectivity index (χ2v) is 5.95. The Morgan fingerprint density at radius 1 is 1.04 bits per heavy atom. The molecule has 0 spiro atoms. The van der Waals surface area contributed by atoms with Crippen LogP contribution in [0.2, 0.25) is 0 Å². The molecule has 1 atom stereocenters. The van der Waals surface area contributed by atoms with Crippen molar-refractivity contribution in [1.82, 2.24) is 9.13 Å². The molecule has 0 radical (unpaired) electrons. The Bertz CT molecular complexity index is 884. The first-order chi connectivity index (χ1) is 11.6. The Morgan fingerprint density at radius 2 is 1.64 bits per heavy atom. The number of hydrogen-bond acceptors (Lipinski definition) is 3. The molecule has 2 aromatic carbocycles. The fraction of sp³-hybridized carbons (Fsp3) is 0.316. The molecular formula is C19H23ClN3O2-. The summed E-state index contributed by atoms with van der Waals surface area (Å²) >= 11 is 0. The Kier molecular flexibility index (Phi) is 6.28. The summed E-state index contributed by atoms with van der Waals surface area (Å²) in [5.41, 5.74) is 3.54. The lowest BCUT2D eigenvalue weighted by atomic mass is 10.2. The van der Waals surface area contributed by atoms with Crippen molar-refractivity contribution >= 4 is 11.0 Å². The van der Waals surface area contributed by atoms with Gasteiger partial charge in [0.2, 0.25) is 5.62 Å². The third kappa shape index (κ3) is 4.06. The van der Waals surface area contributed by atoms with E-state index in [9.17, 15) is 5.11 Å². The molecule has 134 valence electrons. The van der Waals surface area contributed by atoms with Crippen LogP contribution in [0.4, 0.5) is 0 Å². The molecule has 1 unspecified atom stereocenters. The number of ether oxygens (including phenoxy) is 1. The molecule has 1 heterocycles. The zero-order valence-corrected chi connectivity index (χ0v) is 15.2. The molecule has 0 fully saturated rings. The second kappa shape index (κ2) is 8.23. The maximum Gasteiger partial charge on any atom is 0.203 e. The molecule has 5 nitrogen and oxygen atoms in total. The largest absolute Gasteiger partial charge is 1.00 e. The normalized spacial score (nSPS) is 12.0. The van der Waals surface area contributed by atoms with Crippen LogP contribution in [0.1, 0.15) is 12.5 Å². The minimum absolute atomic E-state index is 0. The van der Waals surface area contributed by atoms with Crippen molar-refractivity contribution in [3.8, 4) is 5.75 Å². The van der Waals surface area contributed by atoms with Gasteiger partial charge in [-0.3, -0.25) is 5.41 Å². The third-order valence-corrected chi connectivity index (χ3v) is 4.15. The van der Waals surface area contributed by atoms with Crippen LogP contribution in [0.5, 0.6) is 5.75 Å². The van der Waals surface area contributed by atoms with Gasteiger partial charge in [-0.2, -0.15) is 0 Å². The molecule has 6 heteroatoms. The van der Waals surface area contributed by atoms with Crippen LogP contribution >= 0.6 is 0 Å². The monoisotopic (exact) mass is 360 g/mol. The summed E-state index contributed by atoms with van der Waals surface area (Å²) in [6.45, 7) is 5.29. The van der Waals surface area contributed by atoms with E-state index >= 15 is 0 Å². The molecule has 0 aliphatic heterocycles. The molecule has 0 saturated carbocycles. The van der Waals surface area contributed by atoms with Gasteiger partial charge in [-0.25, -0.2) is 0 Å². The molecular weight excluding hydrogens is 338 g/mol. The number of para-hydroxylation sites is 2. The Hall–Kier alpha value is -2.24. The maximum atomic E-state index is 10.3. The second-order valence-electron chi connectivity index (χ2n) is 5.95. The van der Waals surface area contributed by atoms with E-state index in [-0.39, 0.29) is 19.0 Å². The number of aromatic nitrogens is 2. The highest BCUT2D eigenvalue weighted by molar-refractivity contribution is 5.75. The van der Waals surface area contributed by atoms with Gasteiger partial charge in [0, 0.05) is 6.54 Å². The summed E-state index contributed by atoms with van der Waals surface area (Å²) < 4.78 is 9.42. The first-order valence-electron chi connectivity index (χ1n) is 8.20. The number of hydrogen-bond donors (Lipinski definition) is 2. The van der Waals surface area contributed by atoms with Gasteiger partial charge in [-0.05, 0) is 38.1 Å². The summed E-state index contributed by atoms with van der Waals surface area (Å²) in [5, 5.41) is 18.7. The Morgan fingerprint density at radius 3 is 2.24 bits per heavy atom. The van der Waals surface area contributed by atoms with E-state index in [1.54, 1.807) is 0 Å². The van der Waals surface area contributed by atoms with E-state index in [2.05, 4.69) is 0 Å². The first kappa shape index (κ1) is 19.1. The van der Waals surface area contributed by atoms with E-state index in [0.717, 1.165) is 23.3 Å². The van der Waals surface area contributed by atoms with Crippen LogP contribution in [0, 0.1) is 12.3 Å². The number of aryl methyl sites for hydroxylation is 2. The van der Waals surface area contributed by atoms with Gasteiger partial charge < -0.3 is 31.4 Å². The van der Waals surface area contributed by atoms with Gasteiger partial charge in [0.25, 0.3) is 0 Å². The smallest absolute Gasteiger partial charge is 0.203 e. The number of nitrogens with zero attached hydrogens (tertiary/aromatic N) is 2. The van der Waals surface area contributed by atoms with Crippen LogP contribution in [0.3, 0.4) is 0 Å². The Labute approximate surface area is 153 Å². The zero-order valence-electron chi connectivity index (χ0n) is 14.4. The Balaban J connectivity index is 0.00000225. The topological polar surface area (TPSA) is 63.2 Å². The van der Waals surface area contributed by atoms with Crippen molar-refractivity contribution in [3.05, 3.63) is 59.7 Å². The fourth-order valence-electron chi connectivity index (χ4n) is 2.89. The number of fused-ring (bicyclic) bond motifs is 1. The van der Waals surface area contributed by atoms with E-state index < -0.39 is 6.10 Å². The molecule has 0 bridgehead atoms. The van der Waals surface area contributed by atoms with E-state index in [1.165, 1.54) is 5.56 Å². The van der Waals surface area contributed by atoms with E-state index in [1.807, 2.05) is 71.5 Å². The summed E-state index contributed by atoms with van der Waals surface area (Å²) in [4.78, 5) is 0. The van der Waals surface area contributed by atoms with E-state index in [4.69, 9.17) is 10.1 Å². The standard InChI is InChI=1S/C19H23N3O2.ClH/c1-3-21-17-6-4-5-7-18(17)22(19(21)20)12-15(23)13-24-16-10-8-14(2)9-11-16;/h4-11,15,20,23H,3,12-13H2,1-2H3;1H/p-1. The summed E-state index contributed by atoms with van der Waals surface area (Å²) in [6.07, 6.45) is -0.684. The molecule has 1 aromatic heterocycles. The molecule has 0 saturated heterocycles. The lowest BCUT2D eigenvalue weighted by molar-refractivity contribution is -0.00000725. The average molecular weight is 361 g/mol. The van der Waals surface area contributed by atoms with Gasteiger partial charge in [0.15, 0.2) is 0 Å². The summed E-state index contributed by atoms with van der Waals surface area (Å²) in [5.74, 6) is 0.742. The number of halogens is 1. The number of benzene rings is 2. The molecule has 0 aliphatic carbocycles. The van der Waals surface area contributed by atoms with Gasteiger partial charge in [-0.15, -0.1) is 0 Å². The van der Waals surface area contributed by atoms with Crippen LogP contribution in [-0.4, -0.2) is 27.0 Å². The molecule has 3 rings (SSSR count). The van der Waals surface area contributed by atoms with Crippen molar-refractivity contribution in [3.63, 3.8) is 0 Å². The number of imidazole rings is 1. The molecule has 3 aromatic rings.